The molecule has 1 saturated heterocycles. The topological polar surface area (TPSA) is 120 Å². The van der Waals surface area contributed by atoms with E-state index in [4.69, 9.17) is 28.8 Å². The molecule has 2 aromatic heterocycles. The van der Waals surface area contributed by atoms with E-state index >= 15 is 0 Å². The highest BCUT2D eigenvalue weighted by Crippen LogP contribution is 2.70. The molecule has 3 aliphatic rings. The van der Waals surface area contributed by atoms with Gasteiger partial charge in [-0.15, -0.1) is 0 Å². The van der Waals surface area contributed by atoms with Crippen LogP contribution >= 0.6 is 23.4 Å². The molecular weight excluding hydrogens is 406 g/mol. The number of nitrogens with zero attached hydrogens (tertiary/aromatic N) is 4. The number of rotatable bonds is 3. The fraction of sp³-hybridized carbons (Fsp3) is 0.550. The lowest BCUT2D eigenvalue weighted by molar-refractivity contribution is 0.163. The third kappa shape index (κ3) is 3.12. The maximum Gasteiger partial charge on any atom is 0.158 e. The van der Waals surface area contributed by atoms with Crippen molar-refractivity contribution in [2.45, 2.75) is 48.6 Å². The average molecular weight is 432 g/mol. The first-order chi connectivity index (χ1) is 13.8. The summed E-state index contributed by atoms with van der Waals surface area (Å²) in [7, 11) is 0. The van der Waals surface area contributed by atoms with Crippen molar-refractivity contribution in [1.29, 1.82) is 0 Å². The van der Waals surface area contributed by atoms with Crippen LogP contribution in [-0.2, 0) is 0 Å². The van der Waals surface area contributed by atoms with E-state index in [1.165, 1.54) is 24.6 Å². The molecule has 3 atom stereocenters. The van der Waals surface area contributed by atoms with E-state index in [1.54, 1.807) is 18.5 Å². The summed E-state index contributed by atoms with van der Waals surface area (Å²) in [6.07, 6.45) is 8.23. The van der Waals surface area contributed by atoms with Gasteiger partial charge >= 0.3 is 0 Å². The van der Waals surface area contributed by atoms with Gasteiger partial charge in [0.1, 0.15) is 16.7 Å². The van der Waals surface area contributed by atoms with Crippen LogP contribution in [0, 0.1) is 16.7 Å². The lowest BCUT2D eigenvalue weighted by Crippen LogP contribution is -2.48. The predicted molar refractivity (Wildman–Crippen MR) is 117 cm³/mol. The van der Waals surface area contributed by atoms with Crippen molar-refractivity contribution < 1.29 is 0 Å². The molecule has 1 aliphatic heterocycles. The minimum Gasteiger partial charge on any atom is -0.382 e. The molecule has 0 bridgehead atoms. The monoisotopic (exact) mass is 431 g/mol. The van der Waals surface area contributed by atoms with Gasteiger partial charge in [-0.1, -0.05) is 30.3 Å². The van der Waals surface area contributed by atoms with Crippen LogP contribution in [0.3, 0.4) is 0 Å². The fourth-order valence-corrected chi connectivity index (χ4v) is 6.50. The summed E-state index contributed by atoms with van der Waals surface area (Å²) in [6.45, 7) is 4.30. The average Bonchev–Trinajstić information content (AvgIpc) is 3.31. The molecule has 2 unspecified atom stereocenters. The van der Waals surface area contributed by atoms with Crippen LogP contribution in [-0.4, -0.2) is 34.1 Å². The van der Waals surface area contributed by atoms with Crippen LogP contribution < -0.4 is 22.1 Å². The summed E-state index contributed by atoms with van der Waals surface area (Å²) in [5, 5.41) is 1.02. The molecule has 3 fully saturated rings. The van der Waals surface area contributed by atoms with E-state index in [0.29, 0.717) is 38.6 Å². The first-order valence-corrected chi connectivity index (χ1v) is 11.2. The van der Waals surface area contributed by atoms with Crippen molar-refractivity contribution in [1.82, 2.24) is 15.0 Å². The van der Waals surface area contributed by atoms with Crippen molar-refractivity contribution in [3.05, 3.63) is 23.5 Å². The number of hydrogen-bond donors (Lipinski definition) is 3. The molecule has 0 amide bonds. The van der Waals surface area contributed by atoms with Gasteiger partial charge in [0, 0.05) is 30.2 Å². The first kappa shape index (κ1) is 19.2. The minimum absolute atomic E-state index is 0.290. The quantitative estimate of drug-likeness (QED) is 0.677. The Kier molecular flexibility index (Phi) is 4.38. The van der Waals surface area contributed by atoms with Crippen LogP contribution in [0.15, 0.2) is 28.4 Å². The van der Waals surface area contributed by atoms with Gasteiger partial charge in [-0.05, 0) is 48.5 Å². The maximum absolute atomic E-state index is 6.65. The Balaban J connectivity index is 1.28. The zero-order chi connectivity index (χ0) is 20.4. The molecule has 1 spiro atoms. The summed E-state index contributed by atoms with van der Waals surface area (Å²) in [6, 6.07) is 2.14. The zero-order valence-electron chi connectivity index (χ0n) is 16.4. The number of anilines is 3. The zero-order valence-corrected chi connectivity index (χ0v) is 18.0. The number of fused-ring (bicyclic) bond motifs is 1. The molecule has 2 saturated carbocycles. The van der Waals surface area contributed by atoms with Gasteiger partial charge in [0.25, 0.3) is 0 Å². The van der Waals surface area contributed by atoms with Gasteiger partial charge in [0.15, 0.2) is 5.82 Å². The molecular formula is C20H26ClN7S. The minimum atomic E-state index is 0.290. The van der Waals surface area contributed by atoms with Crippen molar-refractivity contribution in [2.75, 3.05) is 29.5 Å². The van der Waals surface area contributed by atoms with E-state index in [-0.39, 0.29) is 0 Å². The van der Waals surface area contributed by atoms with Gasteiger partial charge in [-0.3, -0.25) is 0 Å². The van der Waals surface area contributed by atoms with Crippen LogP contribution in [0.2, 0.25) is 5.02 Å². The molecule has 9 heteroatoms. The van der Waals surface area contributed by atoms with Crippen molar-refractivity contribution >= 4 is 40.8 Å². The van der Waals surface area contributed by atoms with Crippen LogP contribution in [0.1, 0.15) is 32.6 Å². The van der Waals surface area contributed by atoms with E-state index < -0.39 is 0 Å². The molecule has 2 aromatic rings. The van der Waals surface area contributed by atoms with Gasteiger partial charge in [0.2, 0.25) is 0 Å². The predicted octanol–water partition coefficient (Wildman–Crippen LogP) is 3.18. The normalized spacial score (nSPS) is 29.8. The second-order valence-electron chi connectivity index (χ2n) is 9.05. The molecule has 2 aliphatic carbocycles. The summed E-state index contributed by atoms with van der Waals surface area (Å²) < 4.78 is 0. The van der Waals surface area contributed by atoms with Crippen LogP contribution in [0.25, 0.3) is 0 Å². The Morgan fingerprint density at radius 2 is 1.97 bits per heavy atom. The highest BCUT2D eigenvalue weighted by molar-refractivity contribution is 7.99. The summed E-state index contributed by atoms with van der Waals surface area (Å²) in [5.74, 6) is 2.24. The summed E-state index contributed by atoms with van der Waals surface area (Å²) in [4.78, 5) is 16.2. The van der Waals surface area contributed by atoms with Gasteiger partial charge in [-0.2, -0.15) is 0 Å². The molecule has 0 radical (unpaired) electrons. The van der Waals surface area contributed by atoms with Crippen molar-refractivity contribution in [2.24, 2.45) is 22.5 Å². The van der Waals surface area contributed by atoms with Gasteiger partial charge in [0.05, 0.1) is 11.2 Å². The Morgan fingerprint density at radius 3 is 2.62 bits per heavy atom. The van der Waals surface area contributed by atoms with E-state index in [2.05, 4.69) is 26.8 Å². The third-order valence-electron chi connectivity index (χ3n) is 7.24. The molecule has 5 rings (SSSR count). The van der Waals surface area contributed by atoms with Crippen molar-refractivity contribution in [3.63, 3.8) is 0 Å². The number of piperidine rings is 1. The first-order valence-electron chi connectivity index (χ1n) is 10.0. The Labute approximate surface area is 179 Å². The lowest BCUT2D eigenvalue weighted by atomic mass is 9.71. The Morgan fingerprint density at radius 1 is 1.21 bits per heavy atom. The van der Waals surface area contributed by atoms with Crippen LogP contribution in [0.5, 0.6) is 0 Å². The maximum atomic E-state index is 6.65. The second-order valence-corrected chi connectivity index (χ2v) is 10.5. The number of hydrogen-bond acceptors (Lipinski definition) is 8. The highest BCUT2D eigenvalue weighted by Gasteiger charge is 2.66. The number of halogens is 1. The SMILES string of the molecule is CC12CC1[C@@H](N)C1(CCN(c3cnc(Sc4ccnc(N)c4Cl)c(N)n3)CC1)C2. The standard InChI is InChI=1S/C20H26ClN7S/c1-19-8-11(19)15(22)20(10-19)3-6-28(7-4-20)13-9-26-18(17(24)27-13)29-12-2-5-25-16(23)14(12)21/h2,5,9,11,15H,3-4,6-8,10,22H2,1H3,(H2,23,25)(H2,24,27)/t11?,15-,19?/m1/s1. The van der Waals surface area contributed by atoms with E-state index in [1.807, 2.05) is 0 Å². The molecule has 0 aromatic carbocycles. The van der Waals surface area contributed by atoms with Gasteiger partial charge in [-0.25, -0.2) is 15.0 Å². The second kappa shape index (κ2) is 6.62. The number of aromatic nitrogens is 3. The number of nitrogen functional groups attached to an aromatic ring is 2. The highest BCUT2D eigenvalue weighted by atomic mass is 35.5. The van der Waals surface area contributed by atoms with Crippen LogP contribution in [0.4, 0.5) is 17.5 Å². The molecule has 7 nitrogen and oxygen atoms in total. The lowest BCUT2D eigenvalue weighted by Gasteiger charge is -2.44. The van der Waals surface area contributed by atoms with Gasteiger partial charge < -0.3 is 22.1 Å². The molecule has 3 heterocycles. The van der Waals surface area contributed by atoms with E-state index in [0.717, 1.165) is 42.6 Å². The summed E-state index contributed by atoms with van der Waals surface area (Å²) >= 11 is 7.57. The van der Waals surface area contributed by atoms with E-state index in [9.17, 15) is 0 Å². The molecule has 154 valence electrons. The third-order valence-corrected chi connectivity index (χ3v) is 8.82. The molecule has 6 N–H and O–H groups in total. The number of nitrogens with two attached hydrogens (primary N) is 3. The fourth-order valence-electron chi connectivity index (χ4n) is 5.49. The Hall–Kier alpha value is -1.77. The Bertz CT molecular complexity index is 962. The molecule has 29 heavy (non-hydrogen) atoms. The smallest absolute Gasteiger partial charge is 0.158 e. The van der Waals surface area contributed by atoms with Crippen molar-refractivity contribution in [3.8, 4) is 0 Å². The summed E-state index contributed by atoms with van der Waals surface area (Å²) in [5.41, 5.74) is 19.4. The largest absolute Gasteiger partial charge is 0.382 e. The number of pyridine rings is 1.